The molecule has 13 nitrogen and oxygen atoms in total. The maximum absolute atomic E-state index is 13.0. The van der Waals surface area contributed by atoms with Gasteiger partial charge in [-0.05, 0) is 25.7 Å². The Kier molecular flexibility index (Phi) is 8.05. The fourth-order valence-electron chi connectivity index (χ4n) is 4.07. The maximum Gasteiger partial charge on any atom is 0.410 e. The van der Waals surface area contributed by atoms with Crippen LogP contribution in [0.4, 0.5) is 4.79 Å². The quantitative estimate of drug-likeness (QED) is 0.224. The molecule has 34 heavy (non-hydrogen) atoms. The topological polar surface area (TPSA) is 189 Å². The number of thioether (sulfide) groups is 1. The molecule has 5 N–H and O–H groups in total. The van der Waals surface area contributed by atoms with Crippen LogP contribution in [-0.2, 0) is 28.7 Å². The molecule has 0 aliphatic carbocycles. The SMILES string of the molecule is CO[C@@]1(NC(=O)CCCC(N)C(=O)O)C(=O)N2C(C(=O)O)=C(COC(=O)N3CCCC3)CS[C@H]21. The Labute approximate surface area is 199 Å². The molecular weight excluding hydrogens is 472 g/mol. The van der Waals surface area contributed by atoms with Crippen molar-refractivity contribution in [1.29, 1.82) is 0 Å². The standard InChI is InChI=1S/C20H28N4O9S/c1-32-20(22-13(25)6-4-5-12(21)15(26)27)17(30)24-14(16(28)29)11(10-34-18(20)24)9-33-19(31)23-7-2-3-8-23/h12,18H,2-10,21H2,1H3,(H,22,25)(H,26,27)(H,28,29)/t12?,18-,20-/m0/s1. The minimum Gasteiger partial charge on any atom is -0.480 e. The van der Waals surface area contributed by atoms with Crippen molar-refractivity contribution >= 4 is 41.6 Å². The fraction of sp³-hybridized carbons (Fsp3) is 0.650. The van der Waals surface area contributed by atoms with Crippen molar-refractivity contribution in [3.63, 3.8) is 0 Å². The number of nitrogens with zero attached hydrogens (tertiary/aromatic N) is 2. The second kappa shape index (κ2) is 10.6. The van der Waals surface area contributed by atoms with Gasteiger partial charge in [0.25, 0.3) is 11.6 Å². The number of β-lactam (4-membered cyclic amide) rings is 1. The van der Waals surface area contributed by atoms with E-state index in [1.807, 2.05) is 0 Å². The minimum atomic E-state index is -1.75. The number of nitrogens with one attached hydrogen (secondary N) is 1. The van der Waals surface area contributed by atoms with Gasteiger partial charge in [-0.25, -0.2) is 9.59 Å². The Hall–Kier alpha value is -2.84. The minimum absolute atomic E-state index is 0.0758. The van der Waals surface area contributed by atoms with E-state index in [1.165, 1.54) is 18.9 Å². The molecule has 3 aliphatic heterocycles. The summed E-state index contributed by atoms with van der Waals surface area (Å²) in [6.07, 6.45) is 1.41. The number of amides is 3. The van der Waals surface area contributed by atoms with E-state index in [4.69, 9.17) is 20.3 Å². The van der Waals surface area contributed by atoms with Crippen molar-refractivity contribution in [2.24, 2.45) is 5.73 Å². The zero-order valence-electron chi connectivity index (χ0n) is 18.7. The number of nitrogens with two attached hydrogens (primary N) is 1. The van der Waals surface area contributed by atoms with E-state index >= 15 is 0 Å². The van der Waals surface area contributed by atoms with Crippen LogP contribution in [0.2, 0.25) is 0 Å². The Balaban J connectivity index is 1.66. The monoisotopic (exact) mass is 500 g/mol. The molecule has 3 aliphatic rings. The summed E-state index contributed by atoms with van der Waals surface area (Å²) in [5, 5.41) is 20.3. The number of hydrogen-bond acceptors (Lipinski definition) is 9. The van der Waals surface area contributed by atoms with Gasteiger partial charge in [0.05, 0.1) is 0 Å². The third-order valence-corrected chi connectivity index (χ3v) is 7.30. The highest BCUT2D eigenvalue weighted by Gasteiger charge is 2.66. The Morgan fingerprint density at radius 2 is 1.94 bits per heavy atom. The summed E-state index contributed by atoms with van der Waals surface area (Å²) < 4.78 is 10.6. The lowest BCUT2D eigenvalue weighted by Crippen LogP contribution is -2.80. The summed E-state index contributed by atoms with van der Waals surface area (Å²) in [4.78, 5) is 62.9. The van der Waals surface area contributed by atoms with Crippen molar-refractivity contribution in [3.8, 4) is 0 Å². The summed E-state index contributed by atoms with van der Waals surface area (Å²) in [5.74, 6) is -3.70. The molecule has 0 bridgehead atoms. The van der Waals surface area contributed by atoms with Crippen LogP contribution in [0.5, 0.6) is 0 Å². The molecule has 3 heterocycles. The first-order valence-electron chi connectivity index (χ1n) is 10.8. The van der Waals surface area contributed by atoms with Gasteiger partial charge in [0.15, 0.2) is 0 Å². The van der Waals surface area contributed by atoms with Crippen molar-refractivity contribution in [1.82, 2.24) is 15.1 Å². The highest BCUT2D eigenvalue weighted by molar-refractivity contribution is 8.00. The molecule has 2 saturated heterocycles. The predicted octanol–water partition coefficient (Wildman–Crippen LogP) is -0.486. The van der Waals surface area contributed by atoms with Gasteiger partial charge in [0, 0.05) is 37.9 Å². The largest absolute Gasteiger partial charge is 0.480 e. The number of carbonyl (C=O) groups is 5. The molecule has 0 aromatic rings. The molecular formula is C20H28N4O9S. The number of carbonyl (C=O) groups excluding carboxylic acids is 3. The van der Waals surface area contributed by atoms with Crippen molar-refractivity contribution in [2.45, 2.75) is 49.2 Å². The van der Waals surface area contributed by atoms with E-state index in [0.717, 1.165) is 17.7 Å². The number of aliphatic carboxylic acids is 2. The molecule has 3 rings (SSSR count). The summed E-state index contributed by atoms with van der Waals surface area (Å²) >= 11 is 1.18. The number of ether oxygens (including phenoxy) is 2. The smallest absolute Gasteiger partial charge is 0.410 e. The summed E-state index contributed by atoms with van der Waals surface area (Å²) in [7, 11) is 1.23. The predicted molar refractivity (Wildman–Crippen MR) is 117 cm³/mol. The van der Waals surface area contributed by atoms with E-state index in [2.05, 4.69) is 5.32 Å². The molecule has 0 aromatic carbocycles. The number of likely N-dealkylation sites (tertiary alicyclic amines) is 1. The lowest BCUT2D eigenvalue weighted by atomic mass is 9.97. The van der Waals surface area contributed by atoms with Crippen LogP contribution in [0.1, 0.15) is 32.1 Å². The van der Waals surface area contributed by atoms with E-state index in [1.54, 1.807) is 4.90 Å². The number of carboxylic acids is 2. The molecule has 188 valence electrons. The van der Waals surface area contributed by atoms with Crippen molar-refractivity contribution < 1.29 is 43.7 Å². The fourth-order valence-corrected chi connectivity index (χ4v) is 5.49. The average Bonchev–Trinajstić information content (AvgIpc) is 3.34. The first-order chi connectivity index (χ1) is 16.1. The highest BCUT2D eigenvalue weighted by Crippen LogP contribution is 2.46. The van der Waals surface area contributed by atoms with Gasteiger partial charge in [-0.1, -0.05) is 0 Å². The lowest BCUT2D eigenvalue weighted by Gasteiger charge is -2.55. The van der Waals surface area contributed by atoms with E-state index in [9.17, 15) is 29.1 Å². The normalized spacial score (nSPS) is 24.9. The molecule has 1 unspecified atom stereocenters. The van der Waals surface area contributed by atoms with Crippen LogP contribution in [-0.4, -0.2) is 99.6 Å². The third kappa shape index (κ3) is 4.98. The molecule has 2 fully saturated rings. The molecule has 0 aromatic heterocycles. The highest BCUT2D eigenvalue weighted by atomic mass is 32.2. The first-order valence-corrected chi connectivity index (χ1v) is 11.8. The number of rotatable bonds is 10. The van der Waals surface area contributed by atoms with Gasteiger partial charge >= 0.3 is 18.0 Å². The van der Waals surface area contributed by atoms with Gasteiger partial charge < -0.3 is 35.6 Å². The van der Waals surface area contributed by atoms with Crippen LogP contribution in [0.3, 0.4) is 0 Å². The van der Waals surface area contributed by atoms with Crippen molar-refractivity contribution in [2.75, 3.05) is 32.6 Å². The Morgan fingerprint density at radius 1 is 1.26 bits per heavy atom. The van der Waals surface area contributed by atoms with Crippen LogP contribution in [0, 0.1) is 0 Å². The maximum atomic E-state index is 13.0. The number of carboxylic acid groups (broad SMARTS) is 2. The van der Waals surface area contributed by atoms with E-state index in [0.29, 0.717) is 13.1 Å². The zero-order chi connectivity index (χ0) is 25.0. The van der Waals surface area contributed by atoms with Crippen LogP contribution in [0.15, 0.2) is 11.3 Å². The summed E-state index contributed by atoms with van der Waals surface area (Å²) in [6, 6.07) is -1.10. The van der Waals surface area contributed by atoms with Gasteiger partial charge in [-0.3, -0.25) is 19.3 Å². The van der Waals surface area contributed by atoms with Gasteiger partial charge in [-0.15, -0.1) is 11.8 Å². The second-order valence-corrected chi connectivity index (χ2v) is 9.24. The Morgan fingerprint density at radius 3 is 2.53 bits per heavy atom. The molecule has 0 spiro atoms. The van der Waals surface area contributed by atoms with Gasteiger partial charge in [-0.2, -0.15) is 0 Å². The molecule has 3 atom stereocenters. The molecule has 3 amide bonds. The van der Waals surface area contributed by atoms with Gasteiger partial charge in [0.1, 0.15) is 23.7 Å². The summed E-state index contributed by atoms with van der Waals surface area (Å²) in [5.41, 5.74) is 3.65. The van der Waals surface area contributed by atoms with Gasteiger partial charge in [0.2, 0.25) is 5.91 Å². The number of fused-ring (bicyclic) bond motifs is 1. The third-order valence-electron chi connectivity index (χ3n) is 5.93. The van der Waals surface area contributed by atoms with Crippen LogP contribution >= 0.6 is 11.8 Å². The Bertz CT molecular complexity index is 904. The van der Waals surface area contributed by atoms with E-state index < -0.39 is 47.0 Å². The van der Waals surface area contributed by atoms with Crippen LogP contribution in [0.25, 0.3) is 0 Å². The lowest BCUT2D eigenvalue weighted by molar-refractivity contribution is -0.192. The zero-order valence-corrected chi connectivity index (χ0v) is 19.5. The molecule has 14 heteroatoms. The number of methoxy groups -OCH3 is 1. The van der Waals surface area contributed by atoms with Crippen molar-refractivity contribution in [3.05, 3.63) is 11.3 Å². The average molecular weight is 501 g/mol. The number of hydrogen-bond donors (Lipinski definition) is 4. The molecule has 0 saturated carbocycles. The molecule has 0 radical (unpaired) electrons. The first kappa shape index (κ1) is 25.8. The van der Waals surface area contributed by atoms with Crippen LogP contribution < -0.4 is 11.1 Å². The summed E-state index contributed by atoms with van der Waals surface area (Å²) in [6.45, 7) is 0.906. The second-order valence-electron chi connectivity index (χ2n) is 8.17. The van der Waals surface area contributed by atoms with E-state index in [-0.39, 0.29) is 42.9 Å².